The maximum absolute atomic E-state index is 10.0. The number of carboxylic acids is 2. The van der Waals surface area contributed by atoms with E-state index >= 15 is 0 Å². The molecule has 8 aliphatic carbocycles. The first-order valence-electron chi connectivity index (χ1n) is 24.3. The second-order valence-corrected chi connectivity index (χ2v) is 21.7. The molecule has 6 fully saturated rings. The fourth-order valence-corrected chi connectivity index (χ4v) is 12.1. The maximum atomic E-state index is 10.0. The van der Waals surface area contributed by atoms with E-state index < -0.39 is 22.8 Å². The Labute approximate surface area is 440 Å². The molecule has 0 spiro atoms. The van der Waals surface area contributed by atoms with Crippen LogP contribution in [0.3, 0.4) is 0 Å². The zero-order chi connectivity index (χ0) is 41.6. The fourth-order valence-electron chi connectivity index (χ4n) is 12.1. The summed E-state index contributed by atoms with van der Waals surface area (Å²) in [4.78, 5) is 19.9. The van der Waals surface area contributed by atoms with Crippen molar-refractivity contribution in [2.45, 2.75) is 190 Å². The molecule has 0 bridgehead atoms. The van der Waals surface area contributed by atoms with E-state index in [-0.39, 0.29) is 92.4 Å². The van der Waals surface area contributed by atoms with Gasteiger partial charge in [-0.3, -0.25) is 4.79 Å². The molecule has 0 radical (unpaired) electrons. The Morgan fingerprint density at radius 2 is 0.820 bits per heavy atom. The topological polar surface area (TPSA) is 77.4 Å². The minimum Gasteiger partial charge on any atom is -0.550 e. The van der Waals surface area contributed by atoms with E-state index in [1.807, 2.05) is 0 Å². The summed E-state index contributed by atoms with van der Waals surface area (Å²) < 4.78 is 0. The summed E-state index contributed by atoms with van der Waals surface area (Å²) in [6.45, 7) is 14.0. The van der Waals surface area contributed by atoms with Gasteiger partial charge in [0.1, 0.15) is 0 Å². The summed E-state index contributed by atoms with van der Waals surface area (Å²) in [5.41, 5.74) is -1.28. The third kappa shape index (κ3) is 19.7. The number of rotatable bonds is 6. The predicted octanol–water partition coefficient (Wildman–Crippen LogP) is 11.7. The molecule has 0 aromatic carbocycles. The van der Waals surface area contributed by atoms with Gasteiger partial charge in [0.2, 0.25) is 0 Å². The quantitative estimate of drug-likeness (QED) is 0.213. The monoisotopic (exact) mass is 947 g/mol. The van der Waals surface area contributed by atoms with Gasteiger partial charge in [0.05, 0.1) is 5.41 Å². The number of hydrogen-bond acceptors (Lipinski definition) is 3. The van der Waals surface area contributed by atoms with E-state index in [1.165, 1.54) is 44.9 Å². The van der Waals surface area contributed by atoms with E-state index in [0.717, 1.165) is 71.0 Å². The summed E-state index contributed by atoms with van der Waals surface area (Å²) >= 11 is 0. The van der Waals surface area contributed by atoms with Crippen molar-refractivity contribution in [2.75, 3.05) is 0 Å². The molecule has 1 N–H and O–H groups in total. The van der Waals surface area contributed by atoms with Crippen molar-refractivity contribution in [2.24, 2.45) is 81.8 Å². The van der Waals surface area contributed by atoms with Crippen molar-refractivity contribution in [3.63, 3.8) is 0 Å². The number of aliphatic carboxylic acids is 2. The number of fused-ring (bicyclic) bond motifs is 4. The smallest absolute Gasteiger partial charge is 0.550 e. The van der Waals surface area contributed by atoms with E-state index in [2.05, 4.69) is 62.5 Å². The van der Waals surface area contributed by atoms with Crippen molar-refractivity contribution in [1.29, 1.82) is 0 Å². The second kappa shape index (κ2) is 30.7. The zero-order valence-corrected chi connectivity index (χ0v) is 47.1. The molecule has 12 unspecified atom stereocenters. The molecule has 0 saturated heterocycles. The summed E-state index contributed by atoms with van der Waals surface area (Å²) in [6, 6.07) is 0. The van der Waals surface area contributed by atoms with Crippen LogP contribution >= 0.6 is 0 Å². The van der Waals surface area contributed by atoms with Gasteiger partial charge in [-0.2, -0.15) is 0 Å². The average molecular weight is 949 g/mol. The summed E-state index contributed by atoms with van der Waals surface area (Å²) in [5, 5.41) is 18.2. The van der Waals surface area contributed by atoms with Gasteiger partial charge >= 0.3 is 83.6 Å². The normalized spacial score (nSPS) is 33.3. The molecule has 6 saturated carbocycles. The first-order valence-corrected chi connectivity index (χ1v) is 24.3. The minimum atomic E-state index is -1.01. The van der Waals surface area contributed by atoms with Crippen LogP contribution in [0.2, 0.25) is 0 Å². The van der Waals surface area contributed by atoms with Crippen LogP contribution in [0, 0.1) is 96.7 Å². The Morgan fingerprint density at radius 3 is 1.15 bits per heavy atom. The molecule has 6 heteroatoms. The second-order valence-electron chi connectivity index (χ2n) is 21.7. The van der Waals surface area contributed by atoms with E-state index in [0.29, 0.717) is 0 Å². The van der Waals surface area contributed by atoms with Crippen molar-refractivity contribution in [3.05, 3.63) is 63.5 Å². The van der Waals surface area contributed by atoms with Crippen molar-refractivity contribution < 1.29 is 97.4 Å². The molecule has 12 atom stereocenters. The van der Waals surface area contributed by atoms with Crippen LogP contribution in [0.15, 0.2) is 48.6 Å². The summed E-state index contributed by atoms with van der Waals surface area (Å²) in [7, 11) is 0. The number of carbonyl (C=O) groups excluding carboxylic acids is 1. The van der Waals surface area contributed by atoms with Gasteiger partial charge < -0.3 is 29.9 Å². The molecule has 342 valence electrons. The van der Waals surface area contributed by atoms with E-state index in [4.69, 9.17) is 5.11 Å². The van der Waals surface area contributed by atoms with Crippen LogP contribution in [0.1, 0.15) is 190 Å². The Bertz CT molecular complexity index is 1240. The molecular formula is C55H93KO4Zr. The third-order valence-corrected chi connectivity index (χ3v) is 15.5. The van der Waals surface area contributed by atoms with Gasteiger partial charge in [-0.25, -0.2) is 0 Å². The Balaban J connectivity index is 0.000000827. The average Bonchev–Trinajstić information content (AvgIpc) is 3.99. The number of carboxylic acid groups (broad SMARTS) is 2. The van der Waals surface area contributed by atoms with Crippen LogP contribution in [-0.4, -0.2) is 17.0 Å². The van der Waals surface area contributed by atoms with Crippen LogP contribution in [0.5, 0.6) is 0 Å². The number of allylic oxidation sites excluding steroid dienone is 8. The molecule has 8 aliphatic rings. The van der Waals surface area contributed by atoms with Gasteiger partial charge in [0.15, 0.2) is 0 Å². The molecule has 0 heterocycles. The van der Waals surface area contributed by atoms with Crippen LogP contribution in [-0.2, 0) is 35.8 Å². The molecule has 0 aromatic heterocycles. The summed E-state index contributed by atoms with van der Waals surface area (Å²) in [6.07, 6.45) is 51.0. The number of carbonyl (C=O) groups is 2. The third-order valence-electron chi connectivity index (χ3n) is 15.5. The minimum absolute atomic E-state index is 0. The molecule has 0 amide bonds. The number of hydrogen-bond donors (Lipinski definition) is 1. The first kappa shape index (κ1) is 61.4. The van der Waals surface area contributed by atoms with Crippen molar-refractivity contribution in [3.8, 4) is 0 Å². The van der Waals surface area contributed by atoms with E-state index in [1.54, 1.807) is 131 Å². The first-order chi connectivity index (χ1) is 27.1. The molecule has 8 rings (SSSR count). The van der Waals surface area contributed by atoms with Crippen LogP contribution < -0.4 is 56.5 Å². The molecular weight excluding hydrogens is 855 g/mol. The van der Waals surface area contributed by atoms with E-state index in [9.17, 15) is 14.7 Å². The van der Waals surface area contributed by atoms with Crippen molar-refractivity contribution >= 4 is 11.9 Å². The Hall–Kier alpha value is 0.419. The zero-order valence-electron chi connectivity index (χ0n) is 41.6. The SMILES string of the molecule is C1=CC2CCC(CCC3CCC4C=CC=CC43)C2C=C1.C1CCC2C(C1)CCC2CCC1CCC2CCCCC21.CC(C)(C)C(=O)O.CC(C)(C)C(=O)[O-].CCC.[CH3-].[CH3-].[K+].[Zr+2]. The largest absolute Gasteiger partial charge is 2.00 e. The van der Waals surface area contributed by atoms with Gasteiger partial charge in [0.25, 0.3) is 0 Å². The van der Waals surface area contributed by atoms with Crippen LogP contribution in [0.4, 0.5) is 0 Å². The van der Waals surface area contributed by atoms with Crippen molar-refractivity contribution in [1.82, 2.24) is 0 Å². The van der Waals surface area contributed by atoms with Crippen LogP contribution in [0.25, 0.3) is 0 Å². The predicted molar refractivity (Wildman–Crippen MR) is 251 cm³/mol. The van der Waals surface area contributed by atoms with Gasteiger partial charge in [-0.05, 0) is 182 Å². The Kier molecular flexibility index (Phi) is 30.9. The van der Waals surface area contributed by atoms with Gasteiger partial charge in [-0.15, -0.1) is 0 Å². The molecule has 4 nitrogen and oxygen atoms in total. The Morgan fingerprint density at radius 1 is 0.525 bits per heavy atom. The van der Waals surface area contributed by atoms with Gasteiger partial charge in [-0.1, -0.05) is 128 Å². The van der Waals surface area contributed by atoms with Gasteiger partial charge in [0, 0.05) is 11.4 Å². The standard InChI is InChI=1S/C20H34.C20H26.2C5H10O2.C3H8.2CH3.K.Zr/c2*1-3-7-19-15(5-1)9-11-17(19)13-14-18-12-10-16-6-2-4-8-20(16)18;2*1-5(2,3)4(6)7;1-3-2;;;;/h15-20H,1-14H2;1-8,15-20H,9-14H2;2*1-3H3,(H,6,7);3H2,1-2H3;2*1H3;;/q;;;;;2*-1;+1;+2/p-1. The maximum Gasteiger partial charge on any atom is 2.00 e. The molecule has 0 aliphatic heterocycles. The summed E-state index contributed by atoms with van der Waals surface area (Å²) in [5.74, 6) is 10.5. The molecule has 61 heavy (non-hydrogen) atoms. The molecule has 0 aromatic rings. The fraction of sp³-hybridized carbons (Fsp3) is 0.782.